The summed E-state index contributed by atoms with van der Waals surface area (Å²) < 4.78 is 38.6. The minimum atomic E-state index is -3.45. The third kappa shape index (κ3) is 2.80. The predicted octanol–water partition coefficient (Wildman–Crippen LogP) is 1.89. The fraction of sp³-hybridized carbons (Fsp3) is 0.625. The fourth-order valence-corrected chi connectivity index (χ4v) is 5.27. The Labute approximate surface area is 132 Å². The summed E-state index contributed by atoms with van der Waals surface area (Å²) in [5, 5.41) is 0. The molecule has 0 bridgehead atoms. The molecule has 2 atom stereocenters. The van der Waals surface area contributed by atoms with Gasteiger partial charge in [0.05, 0.1) is 17.6 Å². The lowest BCUT2D eigenvalue weighted by Gasteiger charge is -2.49. The van der Waals surface area contributed by atoms with Crippen molar-refractivity contribution in [2.75, 3.05) is 33.4 Å². The second-order valence-corrected chi connectivity index (χ2v) is 8.14. The minimum Gasteiger partial charge on any atom is -0.384 e. The van der Waals surface area contributed by atoms with E-state index >= 15 is 0 Å². The number of piperidine rings is 1. The first-order chi connectivity index (χ1) is 10.6. The standard InChI is InChI=1S/C16H23NO4S/c1-20-13-16-9-5-11-21-15(16)8-10-17(12-16)22(18,19)14-6-3-2-4-7-14/h2-4,6-7,15H,5,8-13H2,1H3/t15-,16-/m1/s1. The van der Waals surface area contributed by atoms with Crippen LogP contribution in [0, 0.1) is 5.41 Å². The van der Waals surface area contributed by atoms with Gasteiger partial charge in [0.15, 0.2) is 0 Å². The van der Waals surface area contributed by atoms with Crippen LogP contribution in [0.5, 0.6) is 0 Å². The number of sulfonamides is 1. The van der Waals surface area contributed by atoms with E-state index in [-0.39, 0.29) is 11.5 Å². The van der Waals surface area contributed by atoms with Crippen molar-refractivity contribution in [3.63, 3.8) is 0 Å². The van der Waals surface area contributed by atoms with Crippen molar-refractivity contribution < 1.29 is 17.9 Å². The molecule has 0 amide bonds. The van der Waals surface area contributed by atoms with Gasteiger partial charge in [-0.05, 0) is 31.4 Å². The Hall–Kier alpha value is -0.950. The molecule has 2 aliphatic heterocycles. The summed E-state index contributed by atoms with van der Waals surface area (Å²) in [7, 11) is -1.78. The van der Waals surface area contributed by atoms with Crippen molar-refractivity contribution in [3.05, 3.63) is 30.3 Å². The topological polar surface area (TPSA) is 55.8 Å². The van der Waals surface area contributed by atoms with Crippen LogP contribution in [0.2, 0.25) is 0 Å². The highest BCUT2D eigenvalue weighted by molar-refractivity contribution is 7.89. The molecular formula is C16H23NO4S. The molecule has 2 saturated heterocycles. The highest BCUT2D eigenvalue weighted by Crippen LogP contribution is 2.41. The number of fused-ring (bicyclic) bond motifs is 1. The zero-order valence-corrected chi connectivity index (χ0v) is 13.7. The van der Waals surface area contributed by atoms with Gasteiger partial charge in [-0.15, -0.1) is 0 Å². The number of benzene rings is 1. The lowest BCUT2D eigenvalue weighted by molar-refractivity contribution is -0.137. The normalized spacial score (nSPS) is 30.0. The van der Waals surface area contributed by atoms with E-state index in [2.05, 4.69) is 0 Å². The van der Waals surface area contributed by atoms with Crippen molar-refractivity contribution in [2.24, 2.45) is 5.41 Å². The highest BCUT2D eigenvalue weighted by Gasteiger charge is 2.48. The van der Waals surface area contributed by atoms with Gasteiger partial charge < -0.3 is 9.47 Å². The number of ether oxygens (including phenoxy) is 2. The van der Waals surface area contributed by atoms with Gasteiger partial charge in [0.2, 0.25) is 10.0 Å². The number of methoxy groups -OCH3 is 1. The molecule has 0 radical (unpaired) electrons. The summed E-state index contributed by atoms with van der Waals surface area (Å²) in [5.74, 6) is 0. The lowest BCUT2D eigenvalue weighted by atomic mass is 9.73. The summed E-state index contributed by atoms with van der Waals surface area (Å²) in [6.45, 7) is 2.29. The molecule has 0 spiro atoms. The first kappa shape index (κ1) is 15.9. The minimum absolute atomic E-state index is 0.100. The molecule has 3 rings (SSSR count). The molecule has 2 aliphatic rings. The Bertz CT molecular complexity index is 600. The lowest BCUT2D eigenvalue weighted by Crippen LogP contribution is -2.57. The molecule has 2 heterocycles. The Balaban J connectivity index is 1.87. The van der Waals surface area contributed by atoms with Gasteiger partial charge in [-0.3, -0.25) is 0 Å². The molecule has 0 aliphatic carbocycles. The van der Waals surface area contributed by atoms with Gasteiger partial charge in [-0.25, -0.2) is 8.42 Å². The van der Waals surface area contributed by atoms with Crippen molar-refractivity contribution >= 4 is 10.0 Å². The van der Waals surface area contributed by atoms with Gasteiger partial charge >= 0.3 is 0 Å². The summed E-state index contributed by atoms with van der Waals surface area (Å²) >= 11 is 0. The zero-order valence-electron chi connectivity index (χ0n) is 12.9. The van der Waals surface area contributed by atoms with Crippen LogP contribution in [0.1, 0.15) is 19.3 Å². The van der Waals surface area contributed by atoms with E-state index in [9.17, 15) is 8.42 Å². The van der Waals surface area contributed by atoms with Gasteiger partial charge in [0, 0.05) is 32.2 Å². The van der Waals surface area contributed by atoms with Crippen LogP contribution in [0.4, 0.5) is 0 Å². The summed E-state index contributed by atoms with van der Waals surface area (Å²) in [6, 6.07) is 8.65. The smallest absolute Gasteiger partial charge is 0.243 e. The molecule has 122 valence electrons. The number of hydrogen-bond acceptors (Lipinski definition) is 4. The second-order valence-electron chi connectivity index (χ2n) is 6.20. The van der Waals surface area contributed by atoms with Crippen LogP contribution in [0.3, 0.4) is 0 Å². The fourth-order valence-electron chi connectivity index (χ4n) is 3.69. The Kier molecular flexibility index (Phi) is 4.54. The molecule has 0 saturated carbocycles. The van der Waals surface area contributed by atoms with E-state index in [4.69, 9.17) is 9.47 Å². The van der Waals surface area contributed by atoms with E-state index in [1.165, 1.54) is 0 Å². The Morgan fingerprint density at radius 1 is 1.36 bits per heavy atom. The van der Waals surface area contributed by atoms with Gasteiger partial charge in [-0.1, -0.05) is 18.2 Å². The molecule has 2 fully saturated rings. The van der Waals surface area contributed by atoms with E-state index in [0.717, 1.165) is 25.9 Å². The van der Waals surface area contributed by atoms with Crippen molar-refractivity contribution in [1.29, 1.82) is 0 Å². The number of nitrogens with zero attached hydrogens (tertiary/aromatic N) is 1. The third-order valence-electron chi connectivity index (χ3n) is 4.77. The molecule has 1 aromatic rings. The highest BCUT2D eigenvalue weighted by atomic mass is 32.2. The van der Waals surface area contributed by atoms with E-state index in [0.29, 0.717) is 24.6 Å². The van der Waals surface area contributed by atoms with Crippen LogP contribution >= 0.6 is 0 Å². The van der Waals surface area contributed by atoms with E-state index < -0.39 is 10.0 Å². The van der Waals surface area contributed by atoms with Gasteiger partial charge in [0.1, 0.15) is 0 Å². The van der Waals surface area contributed by atoms with E-state index in [1.54, 1.807) is 35.7 Å². The van der Waals surface area contributed by atoms with Gasteiger partial charge in [-0.2, -0.15) is 4.31 Å². The quantitative estimate of drug-likeness (QED) is 0.848. The largest absolute Gasteiger partial charge is 0.384 e. The maximum atomic E-state index is 12.9. The van der Waals surface area contributed by atoms with Crippen molar-refractivity contribution in [2.45, 2.75) is 30.3 Å². The molecule has 5 nitrogen and oxygen atoms in total. The first-order valence-corrected chi connectivity index (χ1v) is 9.18. The summed E-state index contributed by atoms with van der Waals surface area (Å²) in [6.07, 6.45) is 2.74. The average molecular weight is 325 g/mol. The summed E-state index contributed by atoms with van der Waals surface area (Å²) in [4.78, 5) is 0.359. The SMILES string of the molecule is COC[C@]12CCCO[C@@H]1CCN(S(=O)(=O)c1ccccc1)C2. The third-order valence-corrected chi connectivity index (χ3v) is 6.63. The Morgan fingerprint density at radius 2 is 2.14 bits per heavy atom. The maximum Gasteiger partial charge on any atom is 0.243 e. The van der Waals surface area contributed by atoms with E-state index in [1.807, 2.05) is 6.07 Å². The number of hydrogen-bond donors (Lipinski definition) is 0. The Morgan fingerprint density at radius 3 is 2.86 bits per heavy atom. The molecule has 0 N–H and O–H groups in total. The van der Waals surface area contributed by atoms with Crippen molar-refractivity contribution in [1.82, 2.24) is 4.31 Å². The predicted molar refractivity (Wildman–Crippen MR) is 83.1 cm³/mol. The van der Waals surface area contributed by atoms with Crippen LogP contribution in [0.15, 0.2) is 35.2 Å². The molecule has 1 aromatic carbocycles. The average Bonchev–Trinajstić information content (AvgIpc) is 2.55. The van der Waals surface area contributed by atoms with Crippen LogP contribution in [0.25, 0.3) is 0 Å². The van der Waals surface area contributed by atoms with Gasteiger partial charge in [0.25, 0.3) is 0 Å². The molecule has 0 unspecified atom stereocenters. The van der Waals surface area contributed by atoms with Crippen molar-refractivity contribution in [3.8, 4) is 0 Å². The number of rotatable bonds is 4. The van der Waals surface area contributed by atoms with Crippen LogP contribution in [-0.2, 0) is 19.5 Å². The molecule has 22 heavy (non-hydrogen) atoms. The summed E-state index contributed by atoms with van der Waals surface area (Å²) in [5.41, 5.74) is -0.215. The van der Waals surface area contributed by atoms with Crippen LogP contribution in [-0.4, -0.2) is 52.2 Å². The first-order valence-electron chi connectivity index (χ1n) is 7.74. The second kappa shape index (κ2) is 6.28. The monoisotopic (exact) mass is 325 g/mol. The zero-order chi connectivity index (χ0) is 15.6. The molecular weight excluding hydrogens is 302 g/mol. The van der Waals surface area contributed by atoms with Crippen LogP contribution < -0.4 is 0 Å². The maximum absolute atomic E-state index is 12.9. The molecule has 6 heteroatoms. The molecule has 0 aromatic heterocycles.